The third kappa shape index (κ3) is 12.4. The first-order valence-electron chi connectivity index (χ1n) is 11.2. The summed E-state index contributed by atoms with van der Waals surface area (Å²) in [7, 11) is 0. The van der Waals surface area contributed by atoms with E-state index in [1.54, 1.807) is 0 Å². The summed E-state index contributed by atoms with van der Waals surface area (Å²) < 4.78 is 0. The number of aliphatic carboxylic acids is 1. The number of aliphatic hydroxyl groups excluding tert-OH is 1. The van der Waals surface area contributed by atoms with Crippen LogP contribution in [0.3, 0.4) is 0 Å². The quantitative estimate of drug-likeness (QED) is 0.0852. The smallest absolute Gasteiger partial charge is 0.326 e. The Kier molecular flexibility index (Phi) is 15.4. The Morgan fingerprint density at radius 1 is 0.794 bits per heavy atom. The predicted molar refractivity (Wildman–Crippen MR) is 123 cm³/mol. The fourth-order valence-electron chi connectivity index (χ4n) is 3.00. The van der Waals surface area contributed by atoms with E-state index in [0.717, 1.165) is 0 Å². The largest absolute Gasteiger partial charge is 0.480 e. The zero-order chi connectivity index (χ0) is 26.3. The van der Waals surface area contributed by atoms with E-state index in [9.17, 15) is 34.2 Å². The van der Waals surface area contributed by atoms with Gasteiger partial charge in [0.05, 0.1) is 18.6 Å². The minimum atomic E-state index is -1.53. The van der Waals surface area contributed by atoms with Crippen molar-refractivity contribution in [3.05, 3.63) is 0 Å². The minimum Gasteiger partial charge on any atom is -0.480 e. The maximum atomic E-state index is 12.7. The standard InChI is InChI=1S/C20H39N7O7/c1-11(28)16(27-17(30)12(23)6-2-4-8-21)19(32)26-14(10-15(24)29)18(31)25-13(20(33)34)7-3-5-9-22/h11-14,16,28H,2-10,21-23H2,1H3,(H2,24,29)(H,25,31)(H,26,32)(H,27,30)(H,33,34). The van der Waals surface area contributed by atoms with Crippen LogP contribution < -0.4 is 38.9 Å². The monoisotopic (exact) mass is 489 g/mol. The molecule has 0 aromatic carbocycles. The van der Waals surface area contributed by atoms with Crippen LogP contribution in [0.4, 0.5) is 0 Å². The summed E-state index contributed by atoms with van der Waals surface area (Å²) in [5.74, 6) is -4.86. The lowest BCUT2D eigenvalue weighted by atomic mass is 10.1. The number of carboxylic acid groups (broad SMARTS) is 1. The Bertz CT molecular complexity index is 690. The second-order valence-corrected chi connectivity index (χ2v) is 8.03. The van der Waals surface area contributed by atoms with Gasteiger partial charge < -0.3 is 49.1 Å². The van der Waals surface area contributed by atoms with E-state index in [1.807, 2.05) is 0 Å². The highest BCUT2D eigenvalue weighted by atomic mass is 16.4. The Balaban J connectivity index is 5.32. The normalized spacial score (nSPS) is 15.3. The van der Waals surface area contributed by atoms with Crippen molar-refractivity contribution in [2.45, 2.75) is 82.1 Å². The molecule has 0 aliphatic heterocycles. The average Bonchev–Trinajstić information content (AvgIpc) is 2.75. The van der Waals surface area contributed by atoms with Gasteiger partial charge in [-0.2, -0.15) is 0 Å². The van der Waals surface area contributed by atoms with Crippen molar-refractivity contribution in [3.8, 4) is 0 Å². The van der Waals surface area contributed by atoms with E-state index < -0.39 is 66.3 Å². The van der Waals surface area contributed by atoms with Crippen molar-refractivity contribution in [1.82, 2.24) is 16.0 Å². The molecule has 34 heavy (non-hydrogen) atoms. The van der Waals surface area contributed by atoms with Gasteiger partial charge in [0.2, 0.25) is 23.6 Å². The number of nitrogens with two attached hydrogens (primary N) is 4. The van der Waals surface area contributed by atoms with Gasteiger partial charge in [0.1, 0.15) is 18.1 Å². The van der Waals surface area contributed by atoms with E-state index in [4.69, 9.17) is 22.9 Å². The molecule has 5 atom stereocenters. The molecular weight excluding hydrogens is 450 g/mol. The third-order valence-electron chi connectivity index (χ3n) is 4.97. The molecule has 0 aliphatic rings. The molecule has 0 aromatic rings. The summed E-state index contributed by atoms with van der Waals surface area (Å²) in [6.07, 6.45) is 0.622. The molecule has 4 amide bonds. The van der Waals surface area contributed by atoms with E-state index in [0.29, 0.717) is 45.2 Å². The topological polar surface area (TPSA) is 266 Å². The summed E-state index contributed by atoms with van der Waals surface area (Å²) >= 11 is 0. The number of hydrogen-bond donors (Lipinski definition) is 9. The summed E-state index contributed by atoms with van der Waals surface area (Å²) in [6, 6.07) is -5.24. The van der Waals surface area contributed by atoms with Crippen LogP contribution in [0.15, 0.2) is 0 Å². The highest BCUT2D eigenvalue weighted by Crippen LogP contribution is 2.05. The molecule has 5 unspecified atom stereocenters. The number of hydrogen-bond acceptors (Lipinski definition) is 9. The molecule has 0 rings (SSSR count). The van der Waals surface area contributed by atoms with Crippen LogP contribution in [0.5, 0.6) is 0 Å². The second kappa shape index (κ2) is 16.7. The first kappa shape index (κ1) is 31.2. The Hall–Kier alpha value is -2.81. The number of carboxylic acids is 1. The lowest BCUT2D eigenvalue weighted by Crippen LogP contribution is -2.60. The number of unbranched alkanes of at least 4 members (excludes halogenated alkanes) is 2. The van der Waals surface area contributed by atoms with Crippen LogP contribution in [0.25, 0.3) is 0 Å². The van der Waals surface area contributed by atoms with Crippen LogP contribution in [0.2, 0.25) is 0 Å². The molecule has 13 N–H and O–H groups in total. The van der Waals surface area contributed by atoms with Gasteiger partial charge >= 0.3 is 5.97 Å². The molecule has 0 heterocycles. The van der Waals surface area contributed by atoms with Crippen molar-refractivity contribution in [3.63, 3.8) is 0 Å². The van der Waals surface area contributed by atoms with Crippen molar-refractivity contribution in [2.24, 2.45) is 22.9 Å². The summed E-state index contributed by atoms with van der Waals surface area (Å²) in [5, 5.41) is 26.1. The molecule has 0 fully saturated rings. The number of carbonyl (C=O) groups is 5. The zero-order valence-electron chi connectivity index (χ0n) is 19.5. The Morgan fingerprint density at radius 2 is 1.32 bits per heavy atom. The summed E-state index contributed by atoms with van der Waals surface area (Å²) in [4.78, 5) is 60.6. The predicted octanol–water partition coefficient (Wildman–Crippen LogP) is -3.63. The molecule has 14 nitrogen and oxygen atoms in total. The van der Waals surface area contributed by atoms with Crippen LogP contribution in [0.1, 0.15) is 51.9 Å². The molecule has 0 aliphatic carbocycles. The van der Waals surface area contributed by atoms with Crippen molar-refractivity contribution in [2.75, 3.05) is 13.1 Å². The fraction of sp³-hybridized carbons (Fsp3) is 0.750. The van der Waals surface area contributed by atoms with E-state index >= 15 is 0 Å². The van der Waals surface area contributed by atoms with Crippen molar-refractivity contribution in [1.29, 1.82) is 0 Å². The van der Waals surface area contributed by atoms with Gasteiger partial charge in [-0.05, 0) is 52.1 Å². The molecular formula is C20H39N7O7. The average molecular weight is 490 g/mol. The van der Waals surface area contributed by atoms with Gasteiger partial charge in [0.25, 0.3) is 0 Å². The molecule has 0 bridgehead atoms. The number of rotatable bonds is 18. The summed E-state index contributed by atoms with van der Waals surface area (Å²) in [6.45, 7) is 2.03. The van der Waals surface area contributed by atoms with Crippen LogP contribution in [-0.4, -0.2) is 83.2 Å². The van der Waals surface area contributed by atoms with E-state index in [-0.39, 0.29) is 6.42 Å². The second-order valence-electron chi connectivity index (χ2n) is 8.03. The first-order chi connectivity index (χ1) is 15.9. The number of aliphatic hydroxyl groups is 1. The number of primary amides is 1. The lowest BCUT2D eigenvalue weighted by Gasteiger charge is -2.26. The van der Waals surface area contributed by atoms with E-state index in [1.165, 1.54) is 6.92 Å². The molecule has 196 valence electrons. The fourth-order valence-corrected chi connectivity index (χ4v) is 3.00. The molecule has 0 spiro atoms. The van der Waals surface area contributed by atoms with Crippen molar-refractivity contribution >= 4 is 29.6 Å². The minimum absolute atomic E-state index is 0.0872. The molecule has 0 saturated heterocycles. The Labute approximate surface area is 198 Å². The number of carbonyl (C=O) groups excluding carboxylic acids is 4. The third-order valence-corrected chi connectivity index (χ3v) is 4.97. The zero-order valence-corrected chi connectivity index (χ0v) is 19.5. The molecule has 0 radical (unpaired) electrons. The van der Waals surface area contributed by atoms with Gasteiger partial charge in [-0.3, -0.25) is 19.2 Å². The van der Waals surface area contributed by atoms with Crippen LogP contribution in [0, 0.1) is 0 Å². The van der Waals surface area contributed by atoms with Gasteiger partial charge in [-0.15, -0.1) is 0 Å². The first-order valence-corrected chi connectivity index (χ1v) is 11.2. The Morgan fingerprint density at radius 3 is 1.79 bits per heavy atom. The van der Waals surface area contributed by atoms with Gasteiger partial charge in [0, 0.05) is 0 Å². The SMILES string of the molecule is CC(O)C(NC(=O)C(N)CCCCN)C(=O)NC(CC(N)=O)C(=O)NC(CCCCN)C(=O)O. The van der Waals surface area contributed by atoms with Crippen molar-refractivity contribution < 1.29 is 34.2 Å². The van der Waals surface area contributed by atoms with Gasteiger partial charge in [-0.25, -0.2) is 4.79 Å². The van der Waals surface area contributed by atoms with E-state index in [2.05, 4.69) is 16.0 Å². The lowest BCUT2D eigenvalue weighted by molar-refractivity contribution is -0.142. The van der Waals surface area contributed by atoms with Gasteiger partial charge in [0.15, 0.2) is 0 Å². The summed E-state index contributed by atoms with van der Waals surface area (Å²) in [5.41, 5.74) is 21.8. The van der Waals surface area contributed by atoms with Gasteiger partial charge in [-0.1, -0.05) is 6.42 Å². The molecule has 0 saturated carbocycles. The number of amides is 4. The highest BCUT2D eigenvalue weighted by Gasteiger charge is 2.33. The molecule has 0 aromatic heterocycles. The maximum absolute atomic E-state index is 12.7. The van der Waals surface area contributed by atoms with Crippen LogP contribution in [-0.2, 0) is 24.0 Å². The van der Waals surface area contributed by atoms with Crippen LogP contribution >= 0.6 is 0 Å². The highest BCUT2D eigenvalue weighted by molar-refractivity contribution is 5.96. The number of nitrogens with one attached hydrogen (secondary N) is 3. The molecule has 14 heteroatoms. The maximum Gasteiger partial charge on any atom is 0.326 e.